The van der Waals surface area contributed by atoms with Crippen LogP contribution in [0.5, 0.6) is 0 Å². The molecule has 0 aromatic heterocycles. The van der Waals surface area contributed by atoms with Crippen molar-refractivity contribution < 1.29 is 37.5 Å². The Morgan fingerprint density at radius 1 is 1.20 bits per heavy atom. The van der Waals surface area contributed by atoms with Crippen LogP contribution in [0.25, 0.3) is 0 Å². The van der Waals surface area contributed by atoms with E-state index in [0.717, 1.165) is 6.92 Å². The van der Waals surface area contributed by atoms with Crippen LogP contribution in [0.15, 0.2) is 11.2 Å². The summed E-state index contributed by atoms with van der Waals surface area (Å²) in [7, 11) is -2.24. The van der Waals surface area contributed by atoms with Gasteiger partial charge in [-0.2, -0.15) is 13.2 Å². The highest BCUT2D eigenvalue weighted by Gasteiger charge is 2.37. The molecule has 0 aliphatic carbocycles. The van der Waals surface area contributed by atoms with Gasteiger partial charge < -0.3 is 19.5 Å². The Balaban J connectivity index is 5.52. The lowest BCUT2D eigenvalue weighted by molar-refractivity contribution is -0.145. The normalized spacial score (nSPS) is 14.4. The van der Waals surface area contributed by atoms with Crippen molar-refractivity contribution in [3.05, 3.63) is 11.2 Å². The second-order valence-corrected chi connectivity index (χ2v) is 4.03. The van der Waals surface area contributed by atoms with E-state index in [0.29, 0.717) is 0 Å². The third kappa shape index (κ3) is 6.29. The molecule has 0 aromatic rings. The van der Waals surface area contributed by atoms with Crippen LogP contribution in [0.2, 0.25) is 0 Å². The fraction of sp³-hybridized carbons (Fsp3) is 0.727. The Hall–Kier alpha value is -1.22. The number of carbonyl (C=O) groups is 1. The van der Waals surface area contributed by atoms with Crippen LogP contribution in [-0.4, -0.2) is 42.5 Å². The number of halogens is 3. The van der Waals surface area contributed by atoms with E-state index in [4.69, 9.17) is 4.74 Å². The molecule has 20 heavy (non-hydrogen) atoms. The fourth-order valence-electron chi connectivity index (χ4n) is 1.65. The number of carbonyl (C=O) groups excluding carboxylic acids is 1. The lowest BCUT2D eigenvalue weighted by Crippen LogP contribution is -2.29. The van der Waals surface area contributed by atoms with Gasteiger partial charge in [0.25, 0.3) is 0 Å². The number of allylic oxidation sites excluding steroid dienone is 1. The minimum Gasteiger partial charge on any atom is -0.487 e. The summed E-state index contributed by atoms with van der Waals surface area (Å²) in [6, 6.07) is 0. The quantitative estimate of drug-likeness (QED) is 0.322. The molecule has 0 aliphatic heterocycles. The molecule has 0 bridgehead atoms. The number of hydrogen-bond donors (Lipinski definition) is 2. The molecule has 0 amide bonds. The number of alkyl halides is 3. The van der Waals surface area contributed by atoms with Crippen molar-refractivity contribution in [2.45, 2.75) is 33.4 Å². The third-order valence-electron chi connectivity index (χ3n) is 2.36. The van der Waals surface area contributed by atoms with E-state index >= 15 is 0 Å². The van der Waals surface area contributed by atoms with Gasteiger partial charge in [-0.3, -0.25) is 0 Å². The Kier molecular flexibility index (Phi) is 7.66. The molecule has 5 nitrogen and oxygen atoms in total. The monoisotopic (exact) mass is 298 g/mol. The first-order valence-electron chi connectivity index (χ1n) is 6.10. The van der Waals surface area contributed by atoms with Crippen LogP contribution in [0, 0.1) is 5.92 Å². The summed E-state index contributed by atoms with van der Waals surface area (Å²) < 4.78 is 46.7. The molecule has 1 atom stereocenters. The molecule has 0 spiro atoms. The Morgan fingerprint density at radius 2 is 1.70 bits per heavy atom. The molecule has 0 saturated carbocycles. The molecular formula is C11H18BF3O5. The first kappa shape index (κ1) is 18.8. The minimum absolute atomic E-state index is 0.0160. The van der Waals surface area contributed by atoms with Crippen molar-refractivity contribution in [3.63, 3.8) is 0 Å². The van der Waals surface area contributed by atoms with E-state index in [1.165, 1.54) is 13.8 Å². The first-order valence-corrected chi connectivity index (χ1v) is 6.10. The van der Waals surface area contributed by atoms with Crippen LogP contribution in [-0.2, 0) is 14.3 Å². The topological polar surface area (TPSA) is 76.0 Å². The zero-order chi connectivity index (χ0) is 15.9. The van der Waals surface area contributed by atoms with Crippen molar-refractivity contribution in [2.75, 3.05) is 13.2 Å². The molecule has 2 N–H and O–H groups in total. The van der Waals surface area contributed by atoms with Crippen molar-refractivity contribution in [1.82, 2.24) is 0 Å². The van der Waals surface area contributed by atoms with E-state index < -0.39 is 42.8 Å². The summed E-state index contributed by atoms with van der Waals surface area (Å²) in [5.74, 6) is -2.94. The molecule has 0 saturated heterocycles. The fourth-order valence-corrected chi connectivity index (χ4v) is 1.65. The van der Waals surface area contributed by atoms with Crippen LogP contribution in [0.4, 0.5) is 13.2 Å². The molecule has 116 valence electrons. The van der Waals surface area contributed by atoms with Gasteiger partial charge in [0.2, 0.25) is 5.76 Å². The van der Waals surface area contributed by atoms with E-state index in [1.807, 2.05) is 0 Å². The largest absolute Gasteiger partial charge is 0.488 e. The molecular weight excluding hydrogens is 280 g/mol. The molecule has 0 aromatic carbocycles. The Morgan fingerprint density at radius 3 is 2.05 bits per heavy atom. The molecule has 0 radical (unpaired) electrons. The summed E-state index contributed by atoms with van der Waals surface area (Å²) in [5, 5.41) is 18.5. The van der Waals surface area contributed by atoms with Crippen LogP contribution >= 0.6 is 0 Å². The Bertz CT molecular complexity index is 354. The predicted octanol–water partition coefficient (Wildman–Crippen LogP) is 1.44. The van der Waals surface area contributed by atoms with Gasteiger partial charge in [-0.25, -0.2) is 4.79 Å². The molecule has 0 aliphatic rings. The standard InChI is InChI=1S/C11H18BF3O5/c1-4-19-9(10(16)20-5-2)8(12(17)18)7(3)6-11(13,14)15/h7,17-18H,4-6H2,1-3H3/b9-8+/t7-/m1/s1. The SMILES string of the molecule is CCOC(=O)/C(OCC)=C(\B(O)O)[C@H](C)CC(F)(F)F. The summed E-state index contributed by atoms with van der Waals surface area (Å²) in [6.45, 7) is 4.10. The van der Waals surface area contributed by atoms with E-state index in [1.54, 1.807) is 0 Å². The van der Waals surface area contributed by atoms with E-state index in [-0.39, 0.29) is 13.2 Å². The number of hydrogen-bond acceptors (Lipinski definition) is 5. The highest BCUT2D eigenvalue weighted by atomic mass is 19.4. The van der Waals surface area contributed by atoms with Gasteiger partial charge in [0.1, 0.15) is 0 Å². The van der Waals surface area contributed by atoms with Crippen molar-refractivity contribution >= 4 is 13.1 Å². The summed E-state index contributed by atoms with van der Waals surface area (Å²) >= 11 is 0. The smallest absolute Gasteiger partial charge is 0.487 e. The van der Waals surface area contributed by atoms with Gasteiger partial charge in [0.05, 0.1) is 13.2 Å². The summed E-state index contributed by atoms with van der Waals surface area (Å²) in [5.41, 5.74) is -0.539. The average Bonchev–Trinajstić information content (AvgIpc) is 2.25. The Labute approximate surface area is 115 Å². The highest BCUT2D eigenvalue weighted by Crippen LogP contribution is 2.31. The second-order valence-electron chi connectivity index (χ2n) is 4.03. The summed E-state index contributed by atoms with van der Waals surface area (Å²) in [4.78, 5) is 11.6. The maximum absolute atomic E-state index is 12.4. The van der Waals surface area contributed by atoms with Crippen LogP contribution in [0.3, 0.4) is 0 Å². The first-order chi connectivity index (χ1) is 9.14. The van der Waals surface area contributed by atoms with Gasteiger partial charge >= 0.3 is 19.3 Å². The summed E-state index contributed by atoms with van der Waals surface area (Å²) in [6.07, 6.45) is -5.82. The van der Waals surface area contributed by atoms with Gasteiger partial charge in [0, 0.05) is 11.9 Å². The van der Waals surface area contributed by atoms with E-state index in [2.05, 4.69) is 4.74 Å². The van der Waals surface area contributed by atoms with Crippen molar-refractivity contribution in [1.29, 1.82) is 0 Å². The van der Waals surface area contributed by atoms with Gasteiger partial charge in [0.15, 0.2) is 0 Å². The maximum atomic E-state index is 12.4. The van der Waals surface area contributed by atoms with E-state index in [9.17, 15) is 28.0 Å². The van der Waals surface area contributed by atoms with Gasteiger partial charge in [-0.1, -0.05) is 6.92 Å². The zero-order valence-corrected chi connectivity index (χ0v) is 11.5. The zero-order valence-electron chi connectivity index (χ0n) is 11.5. The average molecular weight is 298 g/mol. The minimum atomic E-state index is -4.51. The predicted molar refractivity (Wildman–Crippen MR) is 65.3 cm³/mol. The highest BCUT2D eigenvalue weighted by molar-refractivity contribution is 6.51. The second kappa shape index (κ2) is 8.16. The van der Waals surface area contributed by atoms with Gasteiger partial charge in [-0.15, -0.1) is 0 Å². The molecule has 0 heterocycles. The third-order valence-corrected chi connectivity index (χ3v) is 2.36. The molecule has 0 rings (SSSR count). The van der Waals surface area contributed by atoms with Crippen LogP contribution < -0.4 is 0 Å². The maximum Gasteiger partial charge on any atom is 0.488 e. The lowest BCUT2D eigenvalue weighted by atomic mass is 9.70. The number of rotatable bonds is 7. The van der Waals surface area contributed by atoms with Crippen molar-refractivity contribution in [3.8, 4) is 0 Å². The molecule has 0 unspecified atom stereocenters. The lowest BCUT2D eigenvalue weighted by Gasteiger charge is -2.20. The molecule has 9 heteroatoms. The molecule has 0 fully saturated rings. The number of esters is 1. The number of ether oxygens (including phenoxy) is 2. The van der Waals surface area contributed by atoms with Gasteiger partial charge in [-0.05, 0) is 19.8 Å². The van der Waals surface area contributed by atoms with Crippen molar-refractivity contribution in [2.24, 2.45) is 5.92 Å². The van der Waals surface area contributed by atoms with Crippen LogP contribution in [0.1, 0.15) is 27.2 Å².